The predicted octanol–water partition coefficient (Wildman–Crippen LogP) is 1.43. The summed E-state index contributed by atoms with van der Waals surface area (Å²) >= 11 is 0. The van der Waals surface area contributed by atoms with Crippen LogP contribution in [0.1, 0.15) is 40.0 Å². The van der Waals surface area contributed by atoms with Crippen LogP contribution >= 0.6 is 0 Å². The molecule has 16 heavy (non-hydrogen) atoms. The van der Waals surface area contributed by atoms with Crippen molar-refractivity contribution in [1.82, 2.24) is 10.6 Å². The Morgan fingerprint density at radius 3 is 2.69 bits per heavy atom. The predicted molar refractivity (Wildman–Crippen MR) is 64.8 cm³/mol. The third-order valence-electron chi connectivity index (χ3n) is 2.62. The zero-order valence-electron chi connectivity index (χ0n) is 10.5. The first-order valence-electron chi connectivity index (χ1n) is 5.97. The van der Waals surface area contributed by atoms with Crippen molar-refractivity contribution >= 4 is 5.91 Å². The Kier molecular flexibility index (Phi) is 8.55. The molecule has 0 aliphatic heterocycles. The second kappa shape index (κ2) is 9.17. The highest BCUT2D eigenvalue weighted by Gasteiger charge is 2.08. The molecule has 2 unspecified atom stereocenters. The molecule has 92 valence electrons. The van der Waals surface area contributed by atoms with Crippen LogP contribution in [0.5, 0.6) is 0 Å². The topological polar surface area (TPSA) is 64.9 Å². The molecule has 0 spiro atoms. The first kappa shape index (κ1) is 14.9. The summed E-state index contributed by atoms with van der Waals surface area (Å²) in [4.78, 5) is 11.3. The number of amides is 1. The Morgan fingerprint density at radius 2 is 2.12 bits per heavy atom. The van der Waals surface area contributed by atoms with Crippen LogP contribution in [0.2, 0.25) is 0 Å². The molecular weight excluding hydrogens is 202 g/mol. The van der Waals surface area contributed by atoms with Crippen LogP contribution in [0, 0.1) is 17.2 Å². The number of carbonyl (C=O) groups is 1. The van der Waals surface area contributed by atoms with Crippen LogP contribution in [0.25, 0.3) is 0 Å². The number of rotatable bonds is 8. The van der Waals surface area contributed by atoms with Crippen molar-refractivity contribution < 1.29 is 4.79 Å². The second-order valence-corrected chi connectivity index (χ2v) is 4.29. The normalized spacial score (nSPS) is 13.9. The molecule has 0 aliphatic rings. The lowest BCUT2D eigenvalue weighted by Crippen LogP contribution is -2.38. The maximum Gasteiger partial charge on any atom is 0.233 e. The molecule has 0 aliphatic carbocycles. The molecule has 4 heteroatoms. The van der Waals surface area contributed by atoms with Gasteiger partial charge in [-0.2, -0.15) is 5.26 Å². The van der Waals surface area contributed by atoms with Crippen molar-refractivity contribution in [2.45, 2.75) is 46.1 Å². The molecule has 0 bridgehead atoms. The number of hydrogen-bond donors (Lipinski definition) is 2. The molecule has 0 rings (SSSR count). The largest absolute Gasteiger partial charge is 0.354 e. The quantitative estimate of drug-likeness (QED) is 0.614. The Morgan fingerprint density at radius 1 is 1.44 bits per heavy atom. The van der Waals surface area contributed by atoms with Crippen LogP contribution in [-0.4, -0.2) is 25.0 Å². The minimum atomic E-state index is -0.0359. The average Bonchev–Trinajstić information content (AvgIpc) is 2.26. The van der Waals surface area contributed by atoms with Gasteiger partial charge in [-0.1, -0.05) is 20.3 Å². The lowest BCUT2D eigenvalue weighted by atomic mass is 10.0. The van der Waals surface area contributed by atoms with Crippen LogP contribution in [0.4, 0.5) is 0 Å². The summed E-state index contributed by atoms with van der Waals surface area (Å²) in [6.07, 6.45) is 2.62. The molecule has 0 aromatic heterocycles. The van der Waals surface area contributed by atoms with Gasteiger partial charge in [0, 0.05) is 12.6 Å². The van der Waals surface area contributed by atoms with E-state index >= 15 is 0 Å². The van der Waals surface area contributed by atoms with E-state index in [0.717, 1.165) is 6.42 Å². The number of hydrogen-bond acceptors (Lipinski definition) is 3. The summed E-state index contributed by atoms with van der Waals surface area (Å²) in [5, 5.41) is 14.2. The molecule has 0 saturated carbocycles. The third kappa shape index (κ3) is 8.25. The highest BCUT2D eigenvalue weighted by atomic mass is 16.1. The summed E-state index contributed by atoms with van der Waals surface area (Å²) in [6.45, 7) is 7.26. The number of nitrogens with zero attached hydrogens (tertiary/aromatic N) is 1. The Bertz CT molecular complexity index is 235. The van der Waals surface area contributed by atoms with E-state index in [1.807, 2.05) is 6.07 Å². The summed E-state index contributed by atoms with van der Waals surface area (Å²) < 4.78 is 0. The Balaban J connectivity index is 3.55. The maximum absolute atomic E-state index is 11.3. The lowest BCUT2D eigenvalue weighted by molar-refractivity contribution is -0.120. The van der Waals surface area contributed by atoms with Crippen molar-refractivity contribution in [3.8, 4) is 6.07 Å². The smallest absolute Gasteiger partial charge is 0.233 e. The van der Waals surface area contributed by atoms with Crippen LogP contribution in [0.3, 0.4) is 0 Å². The van der Waals surface area contributed by atoms with Crippen molar-refractivity contribution in [2.24, 2.45) is 5.92 Å². The number of nitriles is 1. The summed E-state index contributed by atoms with van der Waals surface area (Å²) in [5.74, 6) is 0.649. The minimum absolute atomic E-state index is 0.0359. The number of nitrogens with one attached hydrogen (secondary N) is 2. The van der Waals surface area contributed by atoms with E-state index in [-0.39, 0.29) is 5.91 Å². The second-order valence-electron chi connectivity index (χ2n) is 4.29. The van der Waals surface area contributed by atoms with Crippen LogP contribution < -0.4 is 10.6 Å². The molecule has 0 aromatic rings. The van der Waals surface area contributed by atoms with Gasteiger partial charge in [0.15, 0.2) is 0 Å². The molecule has 4 nitrogen and oxygen atoms in total. The molecular formula is C12H23N3O. The zero-order valence-corrected chi connectivity index (χ0v) is 10.5. The van der Waals surface area contributed by atoms with E-state index in [9.17, 15) is 4.79 Å². The van der Waals surface area contributed by atoms with E-state index in [4.69, 9.17) is 5.26 Å². The Hall–Kier alpha value is -1.08. The molecule has 0 aromatic carbocycles. The maximum atomic E-state index is 11.3. The van der Waals surface area contributed by atoms with Gasteiger partial charge in [-0.05, 0) is 19.3 Å². The highest BCUT2D eigenvalue weighted by Crippen LogP contribution is 2.08. The number of carbonyl (C=O) groups excluding carboxylic acids is 1. The SMILES string of the molecule is CCC(C)CC(C)NCC(=O)NCCC#N. The van der Waals surface area contributed by atoms with Gasteiger partial charge in [-0.3, -0.25) is 4.79 Å². The van der Waals surface area contributed by atoms with Crippen molar-refractivity contribution in [3.63, 3.8) is 0 Å². The van der Waals surface area contributed by atoms with E-state index in [1.165, 1.54) is 6.42 Å². The fourth-order valence-corrected chi connectivity index (χ4v) is 1.44. The third-order valence-corrected chi connectivity index (χ3v) is 2.62. The monoisotopic (exact) mass is 225 g/mol. The van der Waals surface area contributed by atoms with Gasteiger partial charge in [-0.25, -0.2) is 0 Å². The summed E-state index contributed by atoms with van der Waals surface area (Å²) in [6, 6.07) is 2.34. The average molecular weight is 225 g/mol. The molecule has 0 saturated heterocycles. The lowest BCUT2D eigenvalue weighted by Gasteiger charge is -2.17. The van der Waals surface area contributed by atoms with Gasteiger partial charge < -0.3 is 10.6 Å². The van der Waals surface area contributed by atoms with Gasteiger partial charge in [0.2, 0.25) is 5.91 Å². The fraction of sp³-hybridized carbons (Fsp3) is 0.833. The molecule has 0 heterocycles. The van der Waals surface area contributed by atoms with E-state index in [0.29, 0.717) is 31.5 Å². The van der Waals surface area contributed by atoms with E-state index in [1.54, 1.807) is 0 Å². The van der Waals surface area contributed by atoms with E-state index < -0.39 is 0 Å². The Labute approximate surface area is 98.4 Å². The molecule has 0 radical (unpaired) electrons. The van der Waals surface area contributed by atoms with Gasteiger partial charge in [0.25, 0.3) is 0 Å². The van der Waals surface area contributed by atoms with Gasteiger partial charge in [0.1, 0.15) is 0 Å². The van der Waals surface area contributed by atoms with Crippen LogP contribution in [-0.2, 0) is 4.79 Å². The van der Waals surface area contributed by atoms with Gasteiger partial charge >= 0.3 is 0 Å². The minimum Gasteiger partial charge on any atom is -0.354 e. The highest BCUT2D eigenvalue weighted by molar-refractivity contribution is 5.77. The first-order valence-corrected chi connectivity index (χ1v) is 5.97. The van der Waals surface area contributed by atoms with Crippen LogP contribution in [0.15, 0.2) is 0 Å². The fourth-order valence-electron chi connectivity index (χ4n) is 1.44. The standard InChI is InChI=1S/C12H23N3O/c1-4-10(2)8-11(3)15-9-12(16)14-7-5-6-13/h10-11,15H,4-5,7-9H2,1-3H3,(H,14,16). The molecule has 2 atom stereocenters. The zero-order chi connectivity index (χ0) is 12.4. The molecule has 2 N–H and O–H groups in total. The van der Waals surface area contributed by atoms with Crippen molar-refractivity contribution in [3.05, 3.63) is 0 Å². The summed E-state index contributed by atoms with van der Waals surface area (Å²) in [7, 11) is 0. The van der Waals surface area contributed by atoms with E-state index in [2.05, 4.69) is 31.4 Å². The summed E-state index contributed by atoms with van der Waals surface area (Å²) in [5.41, 5.74) is 0. The molecule has 1 amide bonds. The van der Waals surface area contributed by atoms with Gasteiger partial charge in [0.05, 0.1) is 19.0 Å². The molecule has 0 fully saturated rings. The van der Waals surface area contributed by atoms with Crippen molar-refractivity contribution in [2.75, 3.05) is 13.1 Å². The first-order chi connectivity index (χ1) is 7.60. The van der Waals surface area contributed by atoms with Gasteiger partial charge in [-0.15, -0.1) is 0 Å². The van der Waals surface area contributed by atoms with Crippen molar-refractivity contribution in [1.29, 1.82) is 5.26 Å².